The van der Waals surface area contributed by atoms with E-state index in [9.17, 15) is 8.42 Å². The smallest absolute Gasteiger partial charge is 0.263 e. The molecule has 0 atom stereocenters. The van der Waals surface area contributed by atoms with Crippen molar-refractivity contribution in [1.29, 1.82) is 0 Å². The minimum atomic E-state index is -3.71. The number of aryl methyl sites for hydroxylation is 2. The van der Waals surface area contributed by atoms with Gasteiger partial charge in [-0.25, -0.2) is 8.42 Å². The van der Waals surface area contributed by atoms with Crippen LogP contribution in [-0.4, -0.2) is 23.6 Å². The van der Waals surface area contributed by atoms with Crippen molar-refractivity contribution in [2.24, 2.45) is 0 Å². The summed E-state index contributed by atoms with van der Waals surface area (Å²) in [6.07, 6.45) is 3.47. The highest BCUT2D eigenvalue weighted by Crippen LogP contribution is 2.19. The van der Waals surface area contributed by atoms with Crippen LogP contribution in [0, 0.1) is 13.8 Å². The van der Waals surface area contributed by atoms with Gasteiger partial charge in [0.15, 0.2) is 5.82 Å². The number of rotatable bonds is 6. The van der Waals surface area contributed by atoms with Crippen LogP contribution in [0.15, 0.2) is 59.8 Å². The zero-order valence-corrected chi connectivity index (χ0v) is 15.3. The quantitative estimate of drug-likeness (QED) is 0.693. The highest BCUT2D eigenvalue weighted by atomic mass is 32.2. The predicted octanol–water partition coefficient (Wildman–Crippen LogP) is 2.90. The summed E-state index contributed by atoms with van der Waals surface area (Å²) >= 11 is 0. The number of nitrogens with one attached hydrogen (secondary N) is 2. The molecule has 0 aliphatic carbocycles. The van der Waals surface area contributed by atoms with Crippen molar-refractivity contribution in [3.05, 3.63) is 71.5 Å². The number of aromatic nitrogens is 3. The highest BCUT2D eigenvalue weighted by molar-refractivity contribution is 7.92. The SMILES string of the molecule is Cc1ccc(S(=O)(=O)Nc2ccc(NCc3cccnc3)nn2)c(C)c1. The molecule has 26 heavy (non-hydrogen) atoms. The molecule has 134 valence electrons. The van der Waals surface area contributed by atoms with Gasteiger partial charge in [0.2, 0.25) is 0 Å². The first-order valence-electron chi connectivity index (χ1n) is 8.01. The van der Waals surface area contributed by atoms with Crippen LogP contribution in [0.1, 0.15) is 16.7 Å². The third-order valence-electron chi connectivity index (χ3n) is 3.72. The van der Waals surface area contributed by atoms with E-state index in [0.717, 1.165) is 11.1 Å². The molecule has 0 amide bonds. The van der Waals surface area contributed by atoms with E-state index in [1.165, 1.54) is 0 Å². The number of anilines is 2. The Morgan fingerprint density at radius 1 is 1.00 bits per heavy atom. The van der Waals surface area contributed by atoms with E-state index >= 15 is 0 Å². The van der Waals surface area contributed by atoms with Crippen LogP contribution in [0.5, 0.6) is 0 Å². The third-order valence-corrected chi connectivity index (χ3v) is 5.23. The van der Waals surface area contributed by atoms with Gasteiger partial charge in [0.25, 0.3) is 10.0 Å². The molecule has 0 unspecified atom stereocenters. The topological polar surface area (TPSA) is 96.9 Å². The summed E-state index contributed by atoms with van der Waals surface area (Å²) in [4.78, 5) is 4.27. The van der Waals surface area contributed by atoms with Crippen molar-refractivity contribution in [2.45, 2.75) is 25.3 Å². The number of sulfonamides is 1. The molecule has 0 aliphatic heterocycles. The normalized spacial score (nSPS) is 11.2. The average molecular weight is 369 g/mol. The first-order chi connectivity index (χ1) is 12.4. The Morgan fingerprint density at radius 2 is 1.77 bits per heavy atom. The van der Waals surface area contributed by atoms with Crippen molar-refractivity contribution < 1.29 is 8.42 Å². The Labute approximate surface area is 152 Å². The van der Waals surface area contributed by atoms with Crippen LogP contribution in [0.2, 0.25) is 0 Å². The Morgan fingerprint density at radius 3 is 2.42 bits per heavy atom. The number of benzene rings is 1. The van der Waals surface area contributed by atoms with Gasteiger partial charge < -0.3 is 5.32 Å². The van der Waals surface area contributed by atoms with E-state index in [1.807, 2.05) is 25.1 Å². The molecule has 0 spiro atoms. The lowest BCUT2D eigenvalue weighted by Crippen LogP contribution is -2.15. The lowest BCUT2D eigenvalue weighted by atomic mass is 10.2. The van der Waals surface area contributed by atoms with Crippen LogP contribution in [0.4, 0.5) is 11.6 Å². The van der Waals surface area contributed by atoms with Gasteiger partial charge in [-0.3, -0.25) is 9.71 Å². The minimum absolute atomic E-state index is 0.164. The van der Waals surface area contributed by atoms with E-state index in [0.29, 0.717) is 17.9 Å². The summed E-state index contributed by atoms with van der Waals surface area (Å²) in [5.41, 5.74) is 2.69. The maximum absolute atomic E-state index is 12.5. The van der Waals surface area contributed by atoms with Crippen molar-refractivity contribution in [3.8, 4) is 0 Å². The zero-order valence-electron chi connectivity index (χ0n) is 14.5. The maximum atomic E-state index is 12.5. The van der Waals surface area contributed by atoms with Crippen LogP contribution >= 0.6 is 0 Å². The Balaban J connectivity index is 1.68. The van der Waals surface area contributed by atoms with Crippen LogP contribution in [0.3, 0.4) is 0 Å². The van der Waals surface area contributed by atoms with Crippen molar-refractivity contribution in [1.82, 2.24) is 15.2 Å². The molecule has 1 aromatic carbocycles. The summed E-state index contributed by atoms with van der Waals surface area (Å²) < 4.78 is 27.5. The third kappa shape index (κ3) is 4.34. The molecule has 2 aromatic heterocycles. The molecule has 2 N–H and O–H groups in total. The van der Waals surface area contributed by atoms with Gasteiger partial charge in [0.1, 0.15) is 5.82 Å². The number of hydrogen-bond donors (Lipinski definition) is 2. The van der Waals surface area contributed by atoms with Crippen molar-refractivity contribution in [3.63, 3.8) is 0 Å². The largest absolute Gasteiger partial charge is 0.364 e. The molecular weight excluding hydrogens is 350 g/mol. The molecule has 2 heterocycles. The summed E-state index contributed by atoms with van der Waals surface area (Å²) in [7, 11) is -3.71. The monoisotopic (exact) mass is 369 g/mol. The fraction of sp³-hybridized carbons (Fsp3) is 0.167. The van der Waals surface area contributed by atoms with Crippen LogP contribution in [0.25, 0.3) is 0 Å². The average Bonchev–Trinajstić information content (AvgIpc) is 2.61. The molecule has 0 radical (unpaired) electrons. The molecule has 8 heteroatoms. The Kier molecular flexibility index (Phi) is 5.13. The molecule has 3 aromatic rings. The first kappa shape index (κ1) is 17.8. The molecule has 0 bridgehead atoms. The van der Waals surface area contributed by atoms with E-state index in [2.05, 4.69) is 25.2 Å². The van der Waals surface area contributed by atoms with Crippen LogP contribution < -0.4 is 10.0 Å². The second kappa shape index (κ2) is 7.49. The zero-order chi connectivity index (χ0) is 18.6. The van der Waals surface area contributed by atoms with Gasteiger partial charge in [-0.1, -0.05) is 23.8 Å². The molecule has 0 saturated heterocycles. The predicted molar refractivity (Wildman–Crippen MR) is 100 cm³/mol. The lowest BCUT2D eigenvalue weighted by Gasteiger charge is -2.10. The molecule has 0 fully saturated rings. The number of nitrogens with zero attached hydrogens (tertiary/aromatic N) is 3. The van der Waals surface area contributed by atoms with Gasteiger partial charge in [-0.15, -0.1) is 10.2 Å². The lowest BCUT2D eigenvalue weighted by molar-refractivity contribution is 0.600. The standard InChI is InChI=1S/C18H19N5O2S/c1-13-5-6-16(14(2)10-13)26(24,25)23-18-8-7-17(21-22-18)20-12-15-4-3-9-19-11-15/h3-11H,12H2,1-2H3,(H,20,21)(H,22,23). The molecule has 7 nitrogen and oxygen atoms in total. The van der Waals surface area contributed by atoms with Crippen molar-refractivity contribution >= 4 is 21.7 Å². The highest BCUT2D eigenvalue weighted by Gasteiger charge is 2.17. The van der Waals surface area contributed by atoms with Gasteiger partial charge in [-0.05, 0) is 49.2 Å². The Hall–Kier alpha value is -3.00. The molecule has 0 aliphatic rings. The van der Waals surface area contributed by atoms with Crippen LogP contribution in [-0.2, 0) is 16.6 Å². The molecular formula is C18H19N5O2S. The van der Waals surface area contributed by atoms with E-state index in [-0.39, 0.29) is 10.7 Å². The molecule has 0 saturated carbocycles. The minimum Gasteiger partial charge on any atom is -0.364 e. The summed E-state index contributed by atoms with van der Waals surface area (Å²) in [6.45, 7) is 4.23. The second-order valence-corrected chi connectivity index (χ2v) is 7.54. The Bertz CT molecular complexity index is 990. The van der Waals surface area contributed by atoms with E-state index in [4.69, 9.17) is 0 Å². The number of hydrogen-bond acceptors (Lipinski definition) is 6. The van der Waals surface area contributed by atoms with Gasteiger partial charge in [0, 0.05) is 18.9 Å². The van der Waals surface area contributed by atoms with Gasteiger partial charge >= 0.3 is 0 Å². The molecule has 3 rings (SSSR count). The second-order valence-electron chi connectivity index (χ2n) is 5.89. The first-order valence-corrected chi connectivity index (χ1v) is 9.49. The van der Waals surface area contributed by atoms with E-state index < -0.39 is 10.0 Å². The number of pyridine rings is 1. The fourth-order valence-corrected chi connectivity index (χ4v) is 3.69. The summed E-state index contributed by atoms with van der Waals surface area (Å²) in [5.74, 6) is 0.709. The maximum Gasteiger partial charge on any atom is 0.263 e. The summed E-state index contributed by atoms with van der Waals surface area (Å²) in [5, 5.41) is 11.0. The van der Waals surface area contributed by atoms with Gasteiger partial charge in [-0.2, -0.15) is 0 Å². The van der Waals surface area contributed by atoms with Gasteiger partial charge in [0.05, 0.1) is 4.90 Å². The van der Waals surface area contributed by atoms with Crippen molar-refractivity contribution in [2.75, 3.05) is 10.0 Å². The fourth-order valence-electron chi connectivity index (χ4n) is 2.47. The summed E-state index contributed by atoms with van der Waals surface area (Å²) in [6, 6.07) is 12.2. The van der Waals surface area contributed by atoms with E-state index in [1.54, 1.807) is 43.6 Å².